The molecule has 1 aliphatic rings. The third-order valence-corrected chi connectivity index (χ3v) is 4.77. The van der Waals surface area contributed by atoms with E-state index in [0.717, 1.165) is 37.6 Å². The molecule has 1 saturated heterocycles. The molecule has 0 atom stereocenters. The van der Waals surface area contributed by atoms with Crippen LogP contribution < -0.4 is 10.2 Å². The molecule has 5 heteroatoms. The van der Waals surface area contributed by atoms with Crippen LogP contribution >= 0.6 is 0 Å². The van der Waals surface area contributed by atoms with Gasteiger partial charge >= 0.3 is 0 Å². The van der Waals surface area contributed by atoms with Crippen LogP contribution in [-0.2, 0) is 4.79 Å². The number of hydrogen-bond acceptors (Lipinski definition) is 3. The predicted octanol–water partition coefficient (Wildman–Crippen LogP) is 3.71. The Hall–Kier alpha value is -2.40. The molecular formula is C21H26FN3O. The number of nitrogens with zero attached hydrogens (tertiary/aromatic N) is 2. The monoisotopic (exact) mass is 355 g/mol. The molecule has 0 aromatic heterocycles. The lowest BCUT2D eigenvalue weighted by Gasteiger charge is -2.35. The molecule has 1 aliphatic heterocycles. The zero-order valence-electron chi connectivity index (χ0n) is 15.4. The van der Waals surface area contributed by atoms with Crippen molar-refractivity contribution in [3.8, 4) is 0 Å². The number of carbonyl (C=O) groups excluding carboxylic acids is 1. The van der Waals surface area contributed by atoms with Gasteiger partial charge in [0.15, 0.2) is 0 Å². The second-order valence-corrected chi connectivity index (χ2v) is 7.07. The lowest BCUT2D eigenvalue weighted by Crippen LogP contribution is -2.48. The van der Waals surface area contributed by atoms with E-state index in [4.69, 9.17) is 0 Å². The van der Waals surface area contributed by atoms with Gasteiger partial charge in [-0.15, -0.1) is 0 Å². The van der Waals surface area contributed by atoms with Crippen molar-refractivity contribution in [2.45, 2.75) is 19.8 Å². The summed E-state index contributed by atoms with van der Waals surface area (Å²) in [5, 5.41) is 3.00. The molecule has 2 aromatic carbocycles. The van der Waals surface area contributed by atoms with Crippen molar-refractivity contribution in [3.63, 3.8) is 0 Å². The van der Waals surface area contributed by atoms with Crippen LogP contribution in [0.4, 0.5) is 15.8 Å². The first kappa shape index (κ1) is 18.4. The van der Waals surface area contributed by atoms with E-state index in [1.165, 1.54) is 17.7 Å². The summed E-state index contributed by atoms with van der Waals surface area (Å²) in [6.07, 6.45) is 0. The molecule has 1 N–H and O–H groups in total. The maximum Gasteiger partial charge on any atom is 0.238 e. The van der Waals surface area contributed by atoms with Crippen LogP contribution in [0.3, 0.4) is 0 Å². The van der Waals surface area contributed by atoms with Crippen LogP contribution in [-0.4, -0.2) is 43.5 Å². The smallest absolute Gasteiger partial charge is 0.238 e. The molecular weight excluding hydrogens is 329 g/mol. The number of benzene rings is 2. The summed E-state index contributed by atoms with van der Waals surface area (Å²) in [6.45, 7) is 7.98. The Morgan fingerprint density at radius 1 is 1.08 bits per heavy atom. The summed E-state index contributed by atoms with van der Waals surface area (Å²) in [7, 11) is 0. The molecule has 4 nitrogen and oxygen atoms in total. The van der Waals surface area contributed by atoms with E-state index in [1.807, 2.05) is 18.2 Å². The van der Waals surface area contributed by atoms with Crippen LogP contribution in [0.1, 0.15) is 25.3 Å². The molecule has 2 aromatic rings. The largest absolute Gasteiger partial charge is 0.369 e. The molecule has 0 saturated carbocycles. The van der Waals surface area contributed by atoms with E-state index in [-0.39, 0.29) is 11.7 Å². The van der Waals surface area contributed by atoms with Crippen LogP contribution in [0.5, 0.6) is 0 Å². The molecule has 138 valence electrons. The average molecular weight is 355 g/mol. The third kappa shape index (κ3) is 4.82. The minimum atomic E-state index is -0.217. The summed E-state index contributed by atoms with van der Waals surface area (Å²) < 4.78 is 13.0. The Bertz CT molecular complexity index is 737. The van der Waals surface area contributed by atoms with Gasteiger partial charge in [-0.25, -0.2) is 4.39 Å². The number of rotatable bonds is 5. The molecule has 1 heterocycles. The number of carbonyl (C=O) groups is 1. The van der Waals surface area contributed by atoms with Gasteiger partial charge in [0.05, 0.1) is 6.54 Å². The molecule has 26 heavy (non-hydrogen) atoms. The lowest BCUT2D eigenvalue weighted by molar-refractivity contribution is -0.117. The van der Waals surface area contributed by atoms with E-state index in [1.54, 1.807) is 12.1 Å². The Balaban J connectivity index is 1.49. The molecule has 0 radical (unpaired) electrons. The van der Waals surface area contributed by atoms with Crippen LogP contribution in [0, 0.1) is 5.82 Å². The van der Waals surface area contributed by atoms with Crippen molar-refractivity contribution in [3.05, 3.63) is 59.9 Å². The molecule has 0 aliphatic carbocycles. The van der Waals surface area contributed by atoms with E-state index in [2.05, 4.69) is 35.0 Å². The fraction of sp³-hybridized carbons (Fsp3) is 0.381. The van der Waals surface area contributed by atoms with Crippen LogP contribution in [0.25, 0.3) is 0 Å². The fourth-order valence-electron chi connectivity index (χ4n) is 3.20. The van der Waals surface area contributed by atoms with Gasteiger partial charge in [-0.05, 0) is 47.9 Å². The number of nitrogens with one attached hydrogen (secondary N) is 1. The molecule has 1 fully saturated rings. The summed E-state index contributed by atoms with van der Waals surface area (Å²) in [6, 6.07) is 14.6. The highest BCUT2D eigenvalue weighted by atomic mass is 19.1. The van der Waals surface area contributed by atoms with Gasteiger partial charge in [-0.2, -0.15) is 0 Å². The normalized spacial score (nSPS) is 15.3. The maximum atomic E-state index is 13.0. The number of anilines is 2. The topological polar surface area (TPSA) is 35.6 Å². The fourth-order valence-corrected chi connectivity index (χ4v) is 3.20. The molecule has 0 unspecified atom stereocenters. The van der Waals surface area contributed by atoms with Gasteiger partial charge in [0, 0.05) is 37.6 Å². The number of hydrogen-bond donors (Lipinski definition) is 1. The van der Waals surface area contributed by atoms with Crippen molar-refractivity contribution >= 4 is 17.3 Å². The van der Waals surface area contributed by atoms with E-state index in [0.29, 0.717) is 12.5 Å². The second-order valence-electron chi connectivity index (χ2n) is 7.07. The molecule has 1 amide bonds. The Morgan fingerprint density at radius 3 is 2.42 bits per heavy atom. The third-order valence-electron chi connectivity index (χ3n) is 4.77. The average Bonchev–Trinajstić information content (AvgIpc) is 2.63. The van der Waals surface area contributed by atoms with Crippen molar-refractivity contribution in [1.82, 2.24) is 4.90 Å². The first-order valence-electron chi connectivity index (χ1n) is 9.14. The van der Waals surface area contributed by atoms with E-state index in [9.17, 15) is 9.18 Å². The van der Waals surface area contributed by atoms with Crippen LogP contribution in [0.15, 0.2) is 48.5 Å². The first-order valence-corrected chi connectivity index (χ1v) is 9.14. The van der Waals surface area contributed by atoms with Crippen molar-refractivity contribution in [1.29, 1.82) is 0 Å². The quantitative estimate of drug-likeness (QED) is 0.888. The highest BCUT2D eigenvalue weighted by Gasteiger charge is 2.19. The minimum Gasteiger partial charge on any atom is -0.369 e. The second kappa shape index (κ2) is 8.32. The Labute approximate surface area is 154 Å². The maximum absolute atomic E-state index is 13.0. The zero-order valence-corrected chi connectivity index (χ0v) is 15.4. The Kier molecular flexibility index (Phi) is 5.89. The molecule has 3 rings (SSSR count). The van der Waals surface area contributed by atoms with Gasteiger partial charge in [-0.3, -0.25) is 9.69 Å². The highest BCUT2D eigenvalue weighted by Crippen LogP contribution is 2.19. The lowest BCUT2D eigenvalue weighted by atomic mass is 10.0. The standard InChI is InChI=1S/C21H26FN3O/c1-16(2)17-4-3-5-19(14-17)23-21(26)15-24-10-12-25(13-11-24)20-8-6-18(22)7-9-20/h3-9,14,16H,10-13,15H2,1-2H3,(H,23,26). The van der Waals surface area contributed by atoms with E-state index < -0.39 is 0 Å². The highest BCUT2D eigenvalue weighted by molar-refractivity contribution is 5.92. The summed E-state index contributed by atoms with van der Waals surface area (Å²) in [5.41, 5.74) is 3.10. The molecule has 0 bridgehead atoms. The summed E-state index contributed by atoms with van der Waals surface area (Å²) >= 11 is 0. The number of amides is 1. The SMILES string of the molecule is CC(C)c1cccc(NC(=O)CN2CCN(c3ccc(F)cc3)CC2)c1. The van der Waals surface area contributed by atoms with Crippen LogP contribution in [0.2, 0.25) is 0 Å². The zero-order chi connectivity index (χ0) is 18.5. The Morgan fingerprint density at radius 2 is 1.77 bits per heavy atom. The van der Waals surface area contributed by atoms with Gasteiger partial charge in [0.25, 0.3) is 0 Å². The van der Waals surface area contributed by atoms with Gasteiger partial charge in [0.1, 0.15) is 5.82 Å². The van der Waals surface area contributed by atoms with Crippen molar-refractivity contribution < 1.29 is 9.18 Å². The van der Waals surface area contributed by atoms with Crippen molar-refractivity contribution in [2.24, 2.45) is 0 Å². The minimum absolute atomic E-state index is 0.0149. The van der Waals surface area contributed by atoms with Crippen molar-refractivity contribution in [2.75, 3.05) is 42.9 Å². The summed E-state index contributed by atoms with van der Waals surface area (Å²) in [5.74, 6) is 0.234. The summed E-state index contributed by atoms with van der Waals surface area (Å²) in [4.78, 5) is 16.7. The number of halogens is 1. The number of piperazine rings is 1. The van der Waals surface area contributed by atoms with Gasteiger partial charge in [-0.1, -0.05) is 26.0 Å². The predicted molar refractivity (Wildman–Crippen MR) is 104 cm³/mol. The van der Waals surface area contributed by atoms with E-state index >= 15 is 0 Å². The molecule has 0 spiro atoms. The van der Waals surface area contributed by atoms with Gasteiger partial charge in [0.2, 0.25) is 5.91 Å². The first-order chi connectivity index (χ1) is 12.5. The van der Waals surface area contributed by atoms with Gasteiger partial charge < -0.3 is 10.2 Å².